The predicted octanol–water partition coefficient (Wildman–Crippen LogP) is 11.9. The molecule has 2 nitrogen and oxygen atoms in total. The normalized spacial score (nSPS) is 13.1. The molecule has 0 N–H and O–H groups in total. The number of hydrogen-bond acceptors (Lipinski definition) is 2. The summed E-state index contributed by atoms with van der Waals surface area (Å²) in [6.07, 6.45) is 4.42. The molecule has 45 heavy (non-hydrogen) atoms. The maximum atomic E-state index is 2.45. The molecule has 0 fully saturated rings. The fourth-order valence-corrected chi connectivity index (χ4v) is 6.67. The van der Waals surface area contributed by atoms with Crippen LogP contribution >= 0.6 is 0 Å². The van der Waals surface area contributed by atoms with E-state index in [2.05, 4.69) is 173 Å². The molecular weight excluding hydrogens is 544 g/mol. The van der Waals surface area contributed by atoms with Crippen LogP contribution in [0, 0.1) is 34.6 Å². The van der Waals surface area contributed by atoms with Crippen LogP contribution < -0.4 is 9.80 Å². The van der Waals surface area contributed by atoms with Gasteiger partial charge < -0.3 is 9.80 Å². The maximum Gasteiger partial charge on any atom is 0.0481 e. The first kappa shape index (κ1) is 30.2. The number of anilines is 4. The summed E-state index contributed by atoms with van der Waals surface area (Å²) in [4.78, 5) is 4.88. The Labute approximate surface area is 270 Å². The van der Waals surface area contributed by atoms with Gasteiger partial charge >= 0.3 is 0 Å². The highest BCUT2D eigenvalue weighted by Gasteiger charge is 2.21. The van der Waals surface area contributed by atoms with E-state index in [4.69, 9.17) is 0 Å². The van der Waals surface area contributed by atoms with E-state index in [0.717, 1.165) is 19.4 Å². The fourth-order valence-electron chi connectivity index (χ4n) is 6.67. The van der Waals surface area contributed by atoms with Crippen molar-refractivity contribution < 1.29 is 0 Å². The van der Waals surface area contributed by atoms with Crippen LogP contribution in [0.5, 0.6) is 0 Å². The zero-order valence-electron chi connectivity index (χ0n) is 27.6. The maximum absolute atomic E-state index is 2.45. The first-order chi connectivity index (χ1) is 21.7. The Hall–Kier alpha value is -4.82. The molecule has 5 aromatic carbocycles. The summed E-state index contributed by atoms with van der Waals surface area (Å²) < 4.78 is 0. The molecule has 1 aliphatic carbocycles. The van der Waals surface area contributed by atoms with E-state index in [0.29, 0.717) is 0 Å². The van der Waals surface area contributed by atoms with Gasteiger partial charge in [0.15, 0.2) is 0 Å². The molecule has 6 rings (SSSR count). The van der Waals surface area contributed by atoms with Gasteiger partial charge in [-0.3, -0.25) is 0 Å². The molecule has 0 atom stereocenters. The quantitative estimate of drug-likeness (QED) is 0.178. The molecule has 0 bridgehead atoms. The summed E-state index contributed by atoms with van der Waals surface area (Å²) in [6, 6.07) is 42.4. The summed E-state index contributed by atoms with van der Waals surface area (Å²) in [6.45, 7) is 14.0. The lowest BCUT2D eigenvalue weighted by Crippen LogP contribution is -2.19. The standard InChI is InChI=1S/C43H44N2/c1-30-11-7-15-37(23-30)44(38-16-8-12-31(2)24-38)29-36-19-21-42(34(5)27-36)43-22-20-41(28-35(43)6)45(39-17-9-13-32(3)25-39)40-18-10-14-33(4)26-40/h7-19,21,23-28H,20,22,29H2,1-6H3. The molecule has 0 saturated carbocycles. The van der Waals surface area contributed by atoms with E-state index in [1.165, 1.54) is 78.5 Å². The van der Waals surface area contributed by atoms with Crippen LogP contribution in [0.15, 0.2) is 133 Å². The van der Waals surface area contributed by atoms with E-state index in [1.807, 2.05) is 0 Å². The molecule has 5 aromatic rings. The lowest BCUT2D eigenvalue weighted by Gasteiger charge is -2.32. The van der Waals surface area contributed by atoms with Crippen molar-refractivity contribution in [2.24, 2.45) is 0 Å². The minimum absolute atomic E-state index is 0.818. The van der Waals surface area contributed by atoms with Gasteiger partial charge in [-0.1, -0.05) is 66.7 Å². The largest absolute Gasteiger partial charge is 0.337 e. The molecule has 2 heteroatoms. The van der Waals surface area contributed by atoms with Crippen LogP contribution in [0.2, 0.25) is 0 Å². The second-order valence-corrected chi connectivity index (χ2v) is 12.7. The van der Waals surface area contributed by atoms with Gasteiger partial charge in [0, 0.05) is 35.0 Å². The minimum atomic E-state index is 0.818. The van der Waals surface area contributed by atoms with Crippen LogP contribution in [0.4, 0.5) is 22.7 Å². The van der Waals surface area contributed by atoms with Crippen molar-refractivity contribution in [3.05, 3.63) is 172 Å². The average Bonchev–Trinajstić information content (AvgIpc) is 3.01. The first-order valence-corrected chi connectivity index (χ1v) is 16.1. The fraction of sp³-hybridized carbons (Fsp3) is 0.209. The monoisotopic (exact) mass is 588 g/mol. The number of hydrogen-bond donors (Lipinski definition) is 0. The van der Waals surface area contributed by atoms with Crippen LogP contribution in [-0.2, 0) is 6.54 Å². The van der Waals surface area contributed by atoms with Gasteiger partial charge in [0.2, 0.25) is 0 Å². The molecule has 0 aliphatic heterocycles. The molecule has 0 heterocycles. The van der Waals surface area contributed by atoms with Crippen molar-refractivity contribution in [1.82, 2.24) is 0 Å². The van der Waals surface area contributed by atoms with Gasteiger partial charge in [0.1, 0.15) is 0 Å². The summed E-state index contributed by atoms with van der Waals surface area (Å²) in [5, 5.41) is 0. The Morgan fingerprint density at radius 1 is 0.511 bits per heavy atom. The van der Waals surface area contributed by atoms with Crippen LogP contribution in [0.25, 0.3) is 5.57 Å². The summed E-state index contributed by atoms with van der Waals surface area (Å²) in [7, 11) is 0. The van der Waals surface area contributed by atoms with Gasteiger partial charge in [0.25, 0.3) is 0 Å². The molecule has 0 amide bonds. The van der Waals surface area contributed by atoms with E-state index in [1.54, 1.807) is 0 Å². The van der Waals surface area contributed by atoms with Gasteiger partial charge in [-0.2, -0.15) is 0 Å². The number of nitrogens with zero attached hydrogens (tertiary/aromatic N) is 2. The third-order valence-corrected chi connectivity index (χ3v) is 8.88. The highest BCUT2D eigenvalue weighted by molar-refractivity contribution is 5.78. The summed E-state index contributed by atoms with van der Waals surface area (Å²) in [5.41, 5.74) is 18.1. The zero-order chi connectivity index (χ0) is 31.5. The molecule has 226 valence electrons. The van der Waals surface area contributed by atoms with Gasteiger partial charge in [-0.25, -0.2) is 0 Å². The third kappa shape index (κ3) is 6.81. The predicted molar refractivity (Wildman–Crippen MR) is 194 cm³/mol. The topological polar surface area (TPSA) is 6.48 Å². The number of rotatable bonds is 8. The van der Waals surface area contributed by atoms with Crippen molar-refractivity contribution in [2.45, 2.75) is 60.9 Å². The number of aryl methyl sites for hydroxylation is 5. The molecule has 0 unspecified atom stereocenters. The van der Waals surface area contributed by atoms with Crippen molar-refractivity contribution in [2.75, 3.05) is 9.80 Å². The molecule has 0 saturated heterocycles. The molecule has 0 radical (unpaired) electrons. The van der Waals surface area contributed by atoms with Crippen molar-refractivity contribution in [3.8, 4) is 0 Å². The lowest BCUT2D eigenvalue weighted by molar-refractivity contribution is 0.915. The lowest BCUT2D eigenvalue weighted by atomic mass is 9.87. The van der Waals surface area contributed by atoms with Crippen LogP contribution in [0.1, 0.15) is 58.7 Å². The van der Waals surface area contributed by atoms with E-state index in [9.17, 15) is 0 Å². The van der Waals surface area contributed by atoms with Crippen molar-refractivity contribution in [3.63, 3.8) is 0 Å². The van der Waals surface area contributed by atoms with E-state index >= 15 is 0 Å². The Balaban J connectivity index is 1.32. The van der Waals surface area contributed by atoms with E-state index < -0.39 is 0 Å². The van der Waals surface area contributed by atoms with Gasteiger partial charge in [-0.05, 0) is 159 Å². The van der Waals surface area contributed by atoms with Crippen molar-refractivity contribution in [1.29, 1.82) is 0 Å². The third-order valence-electron chi connectivity index (χ3n) is 8.88. The number of allylic oxidation sites excluding steroid dienone is 4. The summed E-state index contributed by atoms with van der Waals surface area (Å²) >= 11 is 0. The van der Waals surface area contributed by atoms with Crippen LogP contribution in [0.3, 0.4) is 0 Å². The molecule has 0 aromatic heterocycles. The SMILES string of the molecule is CC1=C(c2ccc(CN(c3cccc(C)c3)c3cccc(C)c3)cc2C)CCC(N(c2cccc(C)c2)c2cccc(C)c2)=C1. The molecule has 0 spiro atoms. The smallest absolute Gasteiger partial charge is 0.0481 e. The summed E-state index contributed by atoms with van der Waals surface area (Å²) in [5.74, 6) is 0. The van der Waals surface area contributed by atoms with Crippen LogP contribution in [-0.4, -0.2) is 0 Å². The van der Waals surface area contributed by atoms with Gasteiger partial charge in [-0.15, -0.1) is 0 Å². The second-order valence-electron chi connectivity index (χ2n) is 12.7. The Morgan fingerprint density at radius 2 is 1.00 bits per heavy atom. The number of benzene rings is 5. The van der Waals surface area contributed by atoms with Gasteiger partial charge in [0.05, 0.1) is 0 Å². The molecular formula is C43H44N2. The highest BCUT2D eigenvalue weighted by Crippen LogP contribution is 2.40. The Bertz CT molecular complexity index is 1820. The first-order valence-electron chi connectivity index (χ1n) is 16.1. The van der Waals surface area contributed by atoms with Crippen molar-refractivity contribution >= 4 is 28.3 Å². The Morgan fingerprint density at radius 3 is 1.47 bits per heavy atom. The second kappa shape index (κ2) is 13.0. The van der Waals surface area contributed by atoms with E-state index in [-0.39, 0.29) is 0 Å². The molecule has 1 aliphatic rings. The zero-order valence-corrected chi connectivity index (χ0v) is 27.6. The Kier molecular flexibility index (Phi) is 8.76. The average molecular weight is 589 g/mol. The highest BCUT2D eigenvalue weighted by atomic mass is 15.1. The minimum Gasteiger partial charge on any atom is -0.337 e.